The van der Waals surface area contributed by atoms with Gasteiger partial charge in [0.05, 0.1) is 7.11 Å². The third-order valence-corrected chi connectivity index (χ3v) is 5.59. The maximum atomic E-state index is 13.1. The number of benzene rings is 1. The summed E-state index contributed by atoms with van der Waals surface area (Å²) in [4.78, 5) is 43.7. The van der Waals surface area contributed by atoms with Crippen LogP contribution in [0.5, 0.6) is 5.75 Å². The van der Waals surface area contributed by atoms with Gasteiger partial charge < -0.3 is 9.64 Å². The van der Waals surface area contributed by atoms with Gasteiger partial charge in [-0.25, -0.2) is 4.79 Å². The third kappa shape index (κ3) is 3.02. The highest BCUT2D eigenvalue weighted by molar-refractivity contribution is 6.29. The summed E-state index contributed by atoms with van der Waals surface area (Å²) in [7, 11) is 4.49. The Morgan fingerprint density at radius 2 is 2.00 bits per heavy atom. The molecule has 0 unspecified atom stereocenters. The summed E-state index contributed by atoms with van der Waals surface area (Å²) in [6, 6.07) is 5.61. The van der Waals surface area contributed by atoms with Gasteiger partial charge in [0.2, 0.25) is 11.2 Å². The lowest BCUT2D eigenvalue weighted by molar-refractivity contribution is -0.119. The van der Waals surface area contributed by atoms with E-state index in [-0.39, 0.29) is 28.9 Å². The van der Waals surface area contributed by atoms with Gasteiger partial charge in [0.1, 0.15) is 12.3 Å². The predicted octanol–water partition coefficient (Wildman–Crippen LogP) is 1.08. The average molecular weight is 418 g/mol. The van der Waals surface area contributed by atoms with E-state index in [2.05, 4.69) is 4.98 Å². The number of hydrogen-bond donors (Lipinski definition) is 0. The number of fused-ring (bicyclic) bond motifs is 2. The largest absolute Gasteiger partial charge is 0.497 e. The minimum absolute atomic E-state index is 0.0152. The molecule has 2 aromatic heterocycles. The van der Waals surface area contributed by atoms with Gasteiger partial charge in [-0.1, -0.05) is 0 Å². The van der Waals surface area contributed by atoms with Gasteiger partial charge in [-0.3, -0.25) is 23.3 Å². The summed E-state index contributed by atoms with van der Waals surface area (Å²) in [5.41, 5.74) is 1.08. The van der Waals surface area contributed by atoms with Crippen molar-refractivity contribution in [1.82, 2.24) is 18.7 Å². The first-order valence-corrected chi connectivity index (χ1v) is 9.50. The van der Waals surface area contributed by atoms with Crippen molar-refractivity contribution in [1.29, 1.82) is 0 Å². The number of methoxy groups -OCH3 is 1. The summed E-state index contributed by atoms with van der Waals surface area (Å²) in [5, 5.41) is -0.0152. The van der Waals surface area contributed by atoms with Gasteiger partial charge in [0, 0.05) is 26.3 Å². The van der Waals surface area contributed by atoms with E-state index in [4.69, 9.17) is 16.3 Å². The summed E-state index contributed by atoms with van der Waals surface area (Å²) < 4.78 is 8.85. The van der Waals surface area contributed by atoms with Crippen LogP contribution < -0.4 is 20.9 Å². The van der Waals surface area contributed by atoms with Gasteiger partial charge >= 0.3 is 5.69 Å². The number of ether oxygens (including phenoxy) is 1. The van der Waals surface area contributed by atoms with E-state index >= 15 is 0 Å². The summed E-state index contributed by atoms with van der Waals surface area (Å²) in [6.45, 7) is 0.410. The topological polar surface area (TPSA) is 91.4 Å². The fourth-order valence-electron chi connectivity index (χ4n) is 3.74. The second-order valence-corrected chi connectivity index (χ2v) is 7.33. The van der Waals surface area contributed by atoms with E-state index in [1.165, 1.54) is 23.2 Å². The Morgan fingerprint density at radius 3 is 2.72 bits per heavy atom. The molecule has 3 heterocycles. The summed E-state index contributed by atoms with van der Waals surface area (Å²) >= 11 is 6.24. The van der Waals surface area contributed by atoms with Crippen molar-refractivity contribution < 1.29 is 9.53 Å². The quantitative estimate of drug-likeness (QED) is 0.594. The zero-order valence-corrected chi connectivity index (χ0v) is 17.1. The average Bonchev–Trinajstić information content (AvgIpc) is 3.05. The monoisotopic (exact) mass is 417 g/mol. The molecule has 1 amide bonds. The van der Waals surface area contributed by atoms with Crippen molar-refractivity contribution in [3.8, 4) is 5.75 Å². The van der Waals surface area contributed by atoms with Gasteiger partial charge in [-0.2, -0.15) is 4.98 Å². The highest BCUT2D eigenvalue weighted by atomic mass is 35.5. The first-order valence-electron chi connectivity index (χ1n) is 9.12. The molecule has 29 heavy (non-hydrogen) atoms. The number of anilines is 1. The molecule has 0 radical (unpaired) electrons. The minimum Gasteiger partial charge on any atom is -0.497 e. The van der Waals surface area contributed by atoms with Crippen molar-refractivity contribution in [2.45, 2.75) is 19.4 Å². The Morgan fingerprint density at radius 1 is 1.24 bits per heavy atom. The lowest BCUT2D eigenvalue weighted by atomic mass is 10.0. The number of amides is 1. The number of aryl methyl sites for hydroxylation is 2. The fraction of sp³-hybridized carbons (Fsp3) is 0.368. The van der Waals surface area contributed by atoms with E-state index < -0.39 is 11.2 Å². The predicted molar refractivity (Wildman–Crippen MR) is 109 cm³/mol. The highest BCUT2D eigenvalue weighted by Crippen LogP contribution is 2.31. The van der Waals surface area contributed by atoms with Crippen molar-refractivity contribution in [3.05, 3.63) is 49.9 Å². The molecule has 152 valence electrons. The summed E-state index contributed by atoms with van der Waals surface area (Å²) in [6.07, 6.45) is 1.67. The van der Waals surface area contributed by atoms with Crippen LogP contribution in [0.1, 0.15) is 12.0 Å². The lowest BCUT2D eigenvalue weighted by Gasteiger charge is -2.30. The van der Waals surface area contributed by atoms with Crippen LogP contribution in [0.15, 0.2) is 27.8 Å². The molecule has 0 fully saturated rings. The summed E-state index contributed by atoms with van der Waals surface area (Å²) in [5.74, 6) is 0.527. The lowest BCUT2D eigenvalue weighted by Crippen LogP contribution is -2.39. The molecule has 0 N–H and O–H groups in total. The molecule has 4 rings (SSSR count). The van der Waals surface area contributed by atoms with Crippen LogP contribution in [0.4, 0.5) is 5.69 Å². The van der Waals surface area contributed by atoms with Gasteiger partial charge in [0.25, 0.3) is 5.56 Å². The fourth-order valence-corrected chi connectivity index (χ4v) is 3.97. The molecular formula is C19H20ClN5O4. The normalized spacial score (nSPS) is 13.6. The smallest absolute Gasteiger partial charge is 0.332 e. The molecule has 0 bridgehead atoms. The van der Waals surface area contributed by atoms with Gasteiger partial charge in [-0.15, -0.1) is 0 Å². The number of hydrogen-bond acceptors (Lipinski definition) is 5. The second kappa shape index (κ2) is 7.07. The van der Waals surface area contributed by atoms with Crippen LogP contribution in [0, 0.1) is 0 Å². The van der Waals surface area contributed by atoms with Crippen LogP contribution in [-0.4, -0.2) is 38.2 Å². The van der Waals surface area contributed by atoms with Crippen molar-refractivity contribution in [2.75, 3.05) is 18.6 Å². The van der Waals surface area contributed by atoms with Crippen LogP contribution in [-0.2, 0) is 31.9 Å². The van der Waals surface area contributed by atoms with Crippen LogP contribution in [0.25, 0.3) is 11.2 Å². The maximum absolute atomic E-state index is 13.1. The van der Waals surface area contributed by atoms with Crippen LogP contribution >= 0.6 is 11.6 Å². The molecule has 10 heteroatoms. The van der Waals surface area contributed by atoms with Crippen LogP contribution in [0.3, 0.4) is 0 Å². The molecule has 0 saturated carbocycles. The minimum atomic E-state index is -0.543. The Bertz CT molecular complexity index is 1260. The standard InChI is InChI=1S/C19H20ClN5O4/c1-22-16-15(17(27)23(2)19(22)28)25(18(20)21-16)10-14(26)24-8-4-5-11-9-12(29-3)6-7-13(11)24/h6-7,9H,4-5,8,10H2,1-3H3. The molecule has 1 aliphatic rings. The van der Waals surface area contributed by atoms with Crippen molar-refractivity contribution in [3.63, 3.8) is 0 Å². The Labute approximate surface area is 170 Å². The van der Waals surface area contributed by atoms with E-state index in [0.717, 1.165) is 34.4 Å². The number of carbonyl (C=O) groups excluding carboxylic acids is 1. The molecule has 1 aliphatic heterocycles. The Balaban J connectivity index is 1.76. The molecule has 0 atom stereocenters. The van der Waals surface area contributed by atoms with Crippen molar-refractivity contribution >= 4 is 34.4 Å². The van der Waals surface area contributed by atoms with Crippen LogP contribution in [0.2, 0.25) is 5.28 Å². The zero-order chi connectivity index (χ0) is 20.9. The first-order chi connectivity index (χ1) is 13.8. The molecule has 9 nitrogen and oxygen atoms in total. The molecular weight excluding hydrogens is 398 g/mol. The SMILES string of the molecule is COc1ccc2c(c1)CCCN2C(=O)Cn1c(Cl)nc2c1c(=O)n(C)c(=O)n2C. The molecule has 0 aliphatic carbocycles. The van der Waals surface area contributed by atoms with Gasteiger partial charge in [0.15, 0.2) is 11.2 Å². The number of imidazole rings is 1. The third-order valence-electron chi connectivity index (χ3n) is 5.30. The maximum Gasteiger partial charge on any atom is 0.332 e. The number of aromatic nitrogens is 4. The van der Waals surface area contributed by atoms with E-state index in [1.807, 2.05) is 18.2 Å². The number of rotatable bonds is 3. The van der Waals surface area contributed by atoms with Gasteiger partial charge in [-0.05, 0) is 48.2 Å². The zero-order valence-electron chi connectivity index (χ0n) is 16.3. The van der Waals surface area contributed by atoms with E-state index in [9.17, 15) is 14.4 Å². The Kier molecular flexibility index (Phi) is 4.70. The molecule has 1 aromatic carbocycles. The number of halogens is 1. The number of nitrogens with zero attached hydrogens (tertiary/aromatic N) is 5. The molecule has 0 spiro atoms. The van der Waals surface area contributed by atoms with Crippen molar-refractivity contribution in [2.24, 2.45) is 14.1 Å². The first kappa shape index (κ1) is 19.3. The Hall–Kier alpha value is -3.07. The highest BCUT2D eigenvalue weighted by Gasteiger charge is 2.26. The van der Waals surface area contributed by atoms with E-state index in [0.29, 0.717) is 6.54 Å². The van der Waals surface area contributed by atoms with E-state index in [1.54, 1.807) is 12.0 Å². The molecule has 3 aromatic rings. The number of carbonyl (C=O) groups is 1. The second-order valence-electron chi connectivity index (χ2n) is 6.99. The molecule has 0 saturated heterocycles.